The van der Waals surface area contributed by atoms with E-state index >= 15 is 0 Å². The summed E-state index contributed by atoms with van der Waals surface area (Å²) in [5.74, 6) is 0.134. The molecule has 32 heavy (non-hydrogen) atoms. The van der Waals surface area contributed by atoms with Crippen LogP contribution in [0.25, 0.3) is 22.7 Å². The fraction of sp³-hybridized carbons (Fsp3) is 0.348. The van der Waals surface area contributed by atoms with Crippen molar-refractivity contribution < 1.29 is 27.8 Å². The van der Waals surface area contributed by atoms with Crippen molar-refractivity contribution in [2.75, 3.05) is 13.7 Å². The Balaban J connectivity index is 1.91. The van der Waals surface area contributed by atoms with Gasteiger partial charge in [-0.25, -0.2) is 14.4 Å². The Hall–Kier alpha value is -3.13. The first-order valence-corrected chi connectivity index (χ1v) is 10.5. The summed E-state index contributed by atoms with van der Waals surface area (Å²) >= 11 is 6.25. The lowest BCUT2D eigenvalue weighted by molar-refractivity contribution is -0.143. The van der Waals surface area contributed by atoms with Crippen LogP contribution in [0.15, 0.2) is 35.1 Å². The highest BCUT2D eigenvalue weighted by atomic mass is 35.5. The number of methoxy groups -OCH3 is 1. The van der Waals surface area contributed by atoms with E-state index in [4.69, 9.17) is 30.2 Å². The van der Waals surface area contributed by atoms with E-state index in [-0.39, 0.29) is 37.4 Å². The van der Waals surface area contributed by atoms with Crippen molar-refractivity contribution in [1.82, 2.24) is 9.97 Å². The van der Waals surface area contributed by atoms with Crippen molar-refractivity contribution in [3.63, 3.8) is 0 Å². The van der Waals surface area contributed by atoms with Crippen molar-refractivity contribution in [2.24, 2.45) is 0 Å². The average molecular weight is 463 g/mol. The van der Waals surface area contributed by atoms with Crippen molar-refractivity contribution in [3.05, 3.63) is 47.1 Å². The molecule has 170 valence electrons. The van der Waals surface area contributed by atoms with E-state index < -0.39 is 5.82 Å². The van der Waals surface area contributed by atoms with Gasteiger partial charge >= 0.3 is 5.97 Å². The zero-order chi connectivity index (χ0) is 23.3. The van der Waals surface area contributed by atoms with Crippen molar-refractivity contribution in [3.8, 4) is 34.3 Å². The van der Waals surface area contributed by atoms with E-state index in [1.165, 1.54) is 31.7 Å². The smallest absolute Gasteiger partial charge is 0.306 e. The molecule has 0 amide bonds. The highest BCUT2D eigenvalue weighted by Crippen LogP contribution is 2.36. The maximum atomic E-state index is 14.4. The zero-order valence-corrected chi connectivity index (χ0v) is 19.0. The van der Waals surface area contributed by atoms with Crippen molar-refractivity contribution in [1.29, 1.82) is 0 Å². The second-order valence-corrected chi connectivity index (χ2v) is 7.57. The van der Waals surface area contributed by atoms with Crippen molar-refractivity contribution >= 4 is 17.6 Å². The topological polar surface area (TPSA) is 83.7 Å². The van der Waals surface area contributed by atoms with Crippen LogP contribution in [0, 0.1) is 5.82 Å². The molecule has 0 aliphatic heterocycles. The van der Waals surface area contributed by atoms with Gasteiger partial charge in [0.25, 0.3) is 0 Å². The van der Waals surface area contributed by atoms with Crippen LogP contribution in [0.5, 0.6) is 11.6 Å². The number of rotatable bonds is 9. The summed E-state index contributed by atoms with van der Waals surface area (Å²) in [5.41, 5.74) is 1.84. The van der Waals surface area contributed by atoms with Gasteiger partial charge in [-0.2, -0.15) is 0 Å². The molecule has 0 aliphatic rings. The van der Waals surface area contributed by atoms with E-state index in [2.05, 4.69) is 9.97 Å². The van der Waals surface area contributed by atoms with Crippen LogP contribution in [-0.4, -0.2) is 35.8 Å². The average Bonchev–Trinajstić information content (AvgIpc) is 3.23. The Morgan fingerprint density at radius 1 is 1.28 bits per heavy atom. The Morgan fingerprint density at radius 3 is 2.72 bits per heavy atom. The third-order valence-corrected chi connectivity index (χ3v) is 4.69. The van der Waals surface area contributed by atoms with Gasteiger partial charge < -0.3 is 18.6 Å². The lowest BCUT2D eigenvalue weighted by Gasteiger charge is -2.12. The molecule has 2 heterocycles. The first kappa shape index (κ1) is 23.5. The number of oxazole rings is 1. The summed E-state index contributed by atoms with van der Waals surface area (Å²) in [6, 6.07) is 4.27. The molecule has 0 atom stereocenters. The molecule has 0 saturated carbocycles. The van der Waals surface area contributed by atoms with E-state index in [1.54, 1.807) is 13.0 Å². The van der Waals surface area contributed by atoms with E-state index in [0.717, 1.165) is 0 Å². The van der Waals surface area contributed by atoms with Gasteiger partial charge in [0.05, 0.1) is 25.4 Å². The van der Waals surface area contributed by atoms with E-state index in [9.17, 15) is 9.18 Å². The van der Waals surface area contributed by atoms with Crippen LogP contribution >= 0.6 is 11.6 Å². The number of halogens is 2. The summed E-state index contributed by atoms with van der Waals surface area (Å²) in [6.45, 7) is 5.77. The monoisotopic (exact) mass is 462 g/mol. The van der Waals surface area contributed by atoms with Crippen LogP contribution in [0.4, 0.5) is 4.39 Å². The molecule has 0 unspecified atom stereocenters. The molecular formula is C23H24ClFN2O5. The van der Waals surface area contributed by atoms with Crippen LogP contribution in [-0.2, 0) is 16.0 Å². The number of pyridine rings is 1. The Kier molecular flexibility index (Phi) is 7.69. The van der Waals surface area contributed by atoms with Crippen LogP contribution < -0.4 is 9.47 Å². The van der Waals surface area contributed by atoms with Gasteiger partial charge in [0.2, 0.25) is 11.8 Å². The Morgan fingerprint density at radius 2 is 2.06 bits per heavy atom. The number of benzene rings is 1. The predicted molar refractivity (Wildman–Crippen MR) is 117 cm³/mol. The van der Waals surface area contributed by atoms with Gasteiger partial charge in [-0.05, 0) is 51.0 Å². The minimum absolute atomic E-state index is 0.0716. The molecule has 0 spiro atoms. The Bertz CT molecular complexity index is 1100. The standard InChI is InChI=1S/C23H24ClFN2O5/c1-5-30-20(28)7-6-14-8-16(25)10-17(21(14)29-4)19-12-31-22(27-19)15-9-18(24)23(26-11-15)32-13(2)3/h8-13H,5-7H2,1-4H3. The second kappa shape index (κ2) is 10.5. The molecule has 9 heteroatoms. The maximum absolute atomic E-state index is 14.4. The fourth-order valence-electron chi connectivity index (χ4n) is 3.12. The quantitative estimate of drug-likeness (QED) is 0.389. The molecule has 0 N–H and O–H groups in total. The largest absolute Gasteiger partial charge is 0.496 e. The summed E-state index contributed by atoms with van der Waals surface area (Å²) in [7, 11) is 1.47. The predicted octanol–water partition coefficient (Wildman–Crippen LogP) is 5.49. The Labute approximate surface area is 190 Å². The lowest BCUT2D eigenvalue weighted by atomic mass is 10.0. The molecule has 3 rings (SSSR count). The first-order chi connectivity index (χ1) is 15.3. The summed E-state index contributed by atoms with van der Waals surface area (Å²) in [6.07, 6.45) is 3.22. The molecule has 2 aromatic heterocycles. The van der Waals surface area contributed by atoms with Gasteiger partial charge in [0, 0.05) is 18.2 Å². The van der Waals surface area contributed by atoms with Crippen LogP contribution in [0.3, 0.4) is 0 Å². The summed E-state index contributed by atoms with van der Waals surface area (Å²) < 4.78 is 35.9. The van der Waals surface area contributed by atoms with Gasteiger partial charge in [-0.15, -0.1) is 0 Å². The molecule has 0 bridgehead atoms. The summed E-state index contributed by atoms with van der Waals surface area (Å²) in [5, 5.41) is 0.320. The van der Waals surface area contributed by atoms with Crippen molar-refractivity contribution in [2.45, 2.75) is 39.7 Å². The van der Waals surface area contributed by atoms with Gasteiger partial charge in [-0.3, -0.25) is 4.79 Å². The number of ether oxygens (including phenoxy) is 3. The number of aryl methyl sites for hydroxylation is 1. The lowest BCUT2D eigenvalue weighted by Crippen LogP contribution is -2.07. The molecule has 0 aliphatic carbocycles. The maximum Gasteiger partial charge on any atom is 0.306 e. The minimum Gasteiger partial charge on any atom is -0.496 e. The third-order valence-electron chi connectivity index (χ3n) is 4.42. The van der Waals surface area contributed by atoms with Gasteiger partial charge in [0.1, 0.15) is 28.5 Å². The number of esters is 1. The SMILES string of the molecule is CCOC(=O)CCc1cc(F)cc(-c2coc(-c3cnc(OC(C)C)c(Cl)c3)n2)c1OC. The third kappa shape index (κ3) is 5.56. The van der Waals surface area contributed by atoms with Crippen LogP contribution in [0.1, 0.15) is 32.8 Å². The second-order valence-electron chi connectivity index (χ2n) is 7.17. The summed E-state index contributed by atoms with van der Waals surface area (Å²) in [4.78, 5) is 20.4. The molecule has 0 saturated heterocycles. The van der Waals surface area contributed by atoms with Gasteiger partial charge in [-0.1, -0.05) is 11.6 Å². The van der Waals surface area contributed by atoms with E-state index in [0.29, 0.717) is 39.0 Å². The van der Waals surface area contributed by atoms with Gasteiger partial charge in [0.15, 0.2) is 0 Å². The minimum atomic E-state index is -0.482. The highest BCUT2D eigenvalue weighted by molar-refractivity contribution is 6.32. The molecular weight excluding hydrogens is 439 g/mol. The number of hydrogen-bond acceptors (Lipinski definition) is 7. The molecule has 3 aromatic rings. The number of carbonyl (C=O) groups excluding carboxylic acids is 1. The molecule has 0 fully saturated rings. The number of nitrogens with zero attached hydrogens (tertiary/aromatic N) is 2. The molecule has 7 nitrogen and oxygen atoms in total. The number of hydrogen-bond donors (Lipinski definition) is 0. The van der Waals surface area contributed by atoms with E-state index in [1.807, 2.05) is 13.8 Å². The molecule has 0 radical (unpaired) electrons. The number of carbonyl (C=O) groups is 1. The fourth-order valence-corrected chi connectivity index (χ4v) is 3.33. The molecule has 1 aromatic carbocycles. The zero-order valence-electron chi connectivity index (χ0n) is 18.3. The number of aromatic nitrogens is 2. The first-order valence-electron chi connectivity index (χ1n) is 10.1. The highest BCUT2D eigenvalue weighted by Gasteiger charge is 2.19. The normalized spacial score (nSPS) is 11.0. The van der Waals surface area contributed by atoms with Crippen LogP contribution in [0.2, 0.25) is 5.02 Å².